The van der Waals surface area contributed by atoms with Crippen LogP contribution < -0.4 is 0 Å². The van der Waals surface area contributed by atoms with Crippen LogP contribution in [0.25, 0.3) is 22.2 Å². The number of ether oxygens (including phenoxy) is 1. The molecule has 0 radical (unpaired) electrons. The molecule has 5 nitrogen and oxygen atoms in total. The summed E-state index contributed by atoms with van der Waals surface area (Å²) in [6.07, 6.45) is 7.46. The molecule has 1 aliphatic heterocycles. The Morgan fingerprint density at radius 1 is 1.15 bits per heavy atom. The Labute approximate surface area is 153 Å². The van der Waals surface area contributed by atoms with Crippen molar-refractivity contribution in [2.45, 2.75) is 25.8 Å². The van der Waals surface area contributed by atoms with Crippen molar-refractivity contribution >= 4 is 17.0 Å². The zero-order valence-electron chi connectivity index (χ0n) is 15.0. The number of rotatable bonds is 4. The highest BCUT2D eigenvalue weighted by Gasteiger charge is 2.14. The topological polar surface area (TPSA) is 58.2 Å². The van der Waals surface area contributed by atoms with Crippen molar-refractivity contribution in [3.05, 3.63) is 53.9 Å². The lowest BCUT2D eigenvalue weighted by molar-refractivity contribution is 0.0603. The number of hydrogen-bond donors (Lipinski definition) is 1. The van der Waals surface area contributed by atoms with Gasteiger partial charge in [0, 0.05) is 29.9 Å². The van der Waals surface area contributed by atoms with Gasteiger partial charge in [-0.25, -0.2) is 9.78 Å². The Bertz CT molecular complexity index is 909. The van der Waals surface area contributed by atoms with Crippen molar-refractivity contribution < 1.29 is 9.53 Å². The van der Waals surface area contributed by atoms with Crippen molar-refractivity contribution in [2.24, 2.45) is 0 Å². The molecule has 5 heteroatoms. The highest BCUT2D eigenvalue weighted by Crippen LogP contribution is 2.26. The molecule has 1 N–H and O–H groups in total. The van der Waals surface area contributed by atoms with Gasteiger partial charge in [0.05, 0.1) is 12.7 Å². The maximum absolute atomic E-state index is 11.9. The van der Waals surface area contributed by atoms with E-state index in [0.717, 1.165) is 23.1 Å². The fraction of sp³-hybridized carbons (Fsp3) is 0.333. The minimum atomic E-state index is -0.355. The molecule has 1 aromatic carbocycles. The smallest absolute Gasteiger partial charge is 0.340 e. The molecule has 0 saturated carbocycles. The second-order valence-corrected chi connectivity index (χ2v) is 6.85. The van der Waals surface area contributed by atoms with Crippen LogP contribution in [-0.2, 0) is 11.3 Å². The van der Waals surface area contributed by atoms with E-state index in [1.807, 2.05) is 12.3 Å². The van der Waals surface area contributed by atoms with Gasteiger partial charge in [-0.2, -0.15) is 0 Å². The first-order valence-electron chi connectivity index (χ1n) is 9.12. The molecule has 1 aliphatic rings. The Hall–Kier alpha value is -2.66. The van der Waals surface area contributed by atoms with E-state index in [-0.39, 0.29) is 5.97 Å². The van der Waals surface area contributed by atoms with Gasteiger partial charge in [-0.1, -0.05) is 30.7 Å². The van der Waals surface area contributed by atoms with Crippen molar-refractivity contribution in [3.63, 3.8) is 0 Å². The van der Waals surface area contributed by atoms with Crippen LogP contribution in [0.5, 0.6) is 0 Å². The number of fused-ring (bicyclic) bond motifs is 1. The number of aromatic amines is 1. The van der Waals surface area contributed by atoms with Crippen molar-refractivity contribution in [1.29, 1.82) is 0 Å². The number of carbonyl (C=O) groups excluding carboxylic acids is 1. The molecule has 134 valence electrons. The van der Waals surface area contributed by atoms with Gasteiger partial charge in [0.2, 0.25) is 0 Å². The number of nitrogens with one attached hydrogen (secondary N) is 1. The van der Waals surface area contributed by atoms with Gasteiger partial charge in [-0.05, 0) is 43.1 Å². The molecule has 4 rings (SSSR count). The van der Waals surface area contributed by atoms with Crippen LogP contribution in [0.1, 0.15) is 35.2 Å². The Kier molecular flexibility index (Phi) is 4.71. The minimum Gasteiger partial charge on any atom is -0.465 e. The van der Waals surface area contributed by atoms with E-state index >= 15 is 0 Å². The lowest BCUT2D eigenvalue weighted by atomic mass is 10.0. The van der Waals surface area contributed by atoms with Crippen LogP contribution in [0.15, 0.2) is 42.7 Å². The average Bonchev–Trinajstić information content (AvgIpc) is 3.12. The molecule has 2 aromatic heterocycles. The summed E-state index contributed by atoms with van der Waals surface area (Å²) in [6.45, 7) is 3.42. The number of pyridine rings is 1. The summed E-state index contributed by atoms with van der Waals surface area (Å²) in [7, 11) is 1.39. The fourth-order valence-electron chi connectivity index (χ4n) is 3.62. The van der Waals surface area contributed by atoms with E-state index in [4.69, 9.17) is 4.74 Å². The predicted molar refractivity (Wildman–Crippen MR) is 102 cm³/mol. The molecule has 3 heterocycles. The van der Waals surface area contributed by atoms with Gasteiger partial charge in [-0.15, -0.1) is 0 Å². The van der Waals surface area contributed by atoms with Crippen LogP contribution in [0.3, 0.4) is 0 Å². The maximum Gasteiger partial charge on any atom is 0.340 e. The van der Waals surface area contributed by atoms with Crippen LogP contribution in [0.2, 0.25) is 0 Å². The summed E-state index contributed by atoms with van der Waals surface area (Å²) >= 11 is 0. The number of carbonyl (C=O) groups is 1. The number of methoxy groups -OCH3 is 1. The van der Waals surface area contributed by atoms with E-state index in [1.165, 1.54) is 45.0 Å². The van der Waals surface area contributed by atoms with Gasteiger partial charge >= 0.3 is 5.97 Å². The number of esters is 1. The summed E-state index contributed by atoms with van der Waals surface area (Å²) in [5.74, 6) is -0.355. The number of hydrogen-bond acceptors (Lipinski definition) is 4. The molecule has 3 aromatic rings. The maximum atomic E-state index is 11.9. The highest BCUT2D eigenvalue weighted by atomic mass is 16.5. The molecule has 1 saturated heterocycles. The molecule has 0 atom stereocenters. The number of piperidine rings is 1. The summed E-state index contributed by atoms with van der Waals surface area (Å²) in [6, 6.07) is 10.6. The van der Waals surface area contributed by atoms with E-state index in [9.17, 15) is 4.79 Å². The van der Waals surface area contributed by atoms with E-state index < -0.39 is 0 Å². The second kappa shape index (κ2) is 7.30. The first-order chi connectivity index (χ1) is 12.7. The summed E-state index contributed by atoms with van der Waals surface area (Å²) < 4.78 is 4.84. The third-order valence-corrected chi connectivity index (χ3v) is 5.08. The monoisotopic (exact) mass is 349 g/mol. The first-order valence-corrected chi connectivity index (χ1v) is 9.12. The standard InChI is InChI=1S/C21H23N3O2/c1-26-21(25)19-13-23-20-18(19)11-17(12-22-20)16-7-5-15(6-8-16)14-24-9-3-2-4-10-24/h5-8,11-13H,2-4,9-10,14H2,1H3,(H,22,23). The largest absolute Gasteiger partial charge is 0.465 e. The SMILES string of the molecule is COC(=O)c1c[nH]c2ncc(-c3ccc(CN4CCCCC4)cc3)cc12. The molecule has 0 amide bonds. The number of H-pyrrole nitrogens is 1. The molecule has 0 unspecified atom stereocenters. The molecule has 26 heavy (non-hydrogen) atoms. The summed E-state index contributed by atoms with van der Waals surface area (Å²) in [4.78, 5) is 21.9. The Balaban J connectivity index is 1.57. The first kappa shape index (κ1) is 16.8. The molecule has 1 fully saturated rings. The number of nitrogens with zero attached hydrogens (tertiary/aromatic N) is 2. The van der Waals surface area contributed by atoms with Crippen LogP contribution >= 0.6 is 0 Å². The quantitative estimate of drug-likeness (QED) is 0.723. The Morgan fingerprint density at radius 3 is 2.65 bits per heavy atom. The Morgan fingerprint density at radius 2 is 1.92 bits per heavy atom. The minimum absolute atomic E-state index is 0.355. The lowest BCUT2D eigenvalue weighted by Crippen LogP contribution is -2.28. The summed E-state index contributed by atoms with van der Waals surface area (Å²) in [5.41, 5.74) is 4.63. The average molecular weight is 349 g/mol. The van der Waals surface area contributed by atoms with Crippen molar-refractivity contribution in [1.82, 2.24) is 14.9 Å². The van der Waals surface area contributed by atoms with Crippen LogP contribution in [0.4, 0.5) is 0 Å². The van der Waals surface area contributed by atoms with Gasteiger partial charge in [-0.3, -0.25) is 4.90 Å². The van der Waals surface area contributed by atoms with Crippen molar-refractivity contribution in [2.75, 3.05) is 20.2 Å². The molecular weight excluding hydrogens is 326 g/mol. The van der Waals surface area contributed by atoms with Crippen LogP contribution in [0, 0.1) is 0 Å². The predicted octanol–water partition coefficient (Wildman–Crippen LogP) is 4.00. The van der Waals surface area contributed by atoms with E-state index in [1.54, 1.807) is 6.20 Å². The third kappa shape index (κ3) is 3.35. The zero-order chi connectivity index (χ0) is 17.9. The fourth-order valence-corrected chi connectivity index (χ4v) is 3.62. The number of benzene rings is 1. The molecule has 0 aliphatic carbocycles. The highest BCUT2D eigenvalue weighted by molar-refractivity contribution is 6.03. The second-order valence-electron chi connectivity index (χ2n) is 6.85. The van der Waals surface area contributed by atoms with E-state index in [0.29, 0.717) is 11.2 Å². The van der Waals surface area contributed by atoms with Gasteiger partial charge in [0.15, 0.2) is 0 Å². The van der Waals surface area contributed by atoms with Crippen LogP contribution in [-0.4, -0.2) is 41.0 Å². The third-order valence-electron chi connectivity index (χ3n) is 5.08. The molecule has 0 bridgehead atoms. The lowest BCUT2D eigenvalue weighted by Gasteiger charge is -2.26. The van der Waals surface area contributed by atoms with Crippen molar-refractivity contribution in [3.8, 4) is 11.1 Å². The number of aromatic nitrogens is 2. The van der Waals surface area contributed by atoms with E-state index in [2.05, 4.69) is 39.1 Å². The normalized spacial score (nSPS) is 15.3. The van der Waals surface area contributed by atoms with Gasteiger partial charge in [0.25, 0.3) is 0 Å². The summed E-state index contributed by atoms with van der Waals surface area (Å²) in [5, 5.41) is 0.784. The molecular formula is C21H23N3O2. The van der Waals surface area contributed by atoms with Gasteiger partial charge < -0.3 is 9.72 Å². The number of likely N-dealkylation sites (tertiary alicyclic amines) is 1. The molecule has 0 spiro atoms. The zero-order valence-corrected chi connectivity index (χ0v) is 15.0. The van der Waals surface area contributed by atoms with Gasteiger partial charge in [0.1, 0.15) is 5.65 Å².